The standard InChI is InChI=1S/C31H41NO4/c1-5-13-30(34)15-11-25-23-10-14-29(33)20-31(35-17-18-36-31)16-12-26(29)27(23)24(19-28(25,30)2)21-6-8-22(9-7-21)32(3)4/h6-9,23-25,33-34H,10-12,14-20H2,1-4H3/t23-,24+,25+,28-,29+,30-/m0/s1. The van der Waals surface area contributed by atoms with Crippen LogP contribution in [0.3, 0.4) is 0 Å². The van der Waals surface area contributed by atoms with Crippen LogP contribution in [0.1, 0.15) is 76.7 Å². The SMILES string of the molecule is CC#C[C@]1(O)CC[C@@H]2[C@@H]3CC[C@@]4(O)CC5(CCC4=C3[C@@H](c3ccc(N(C)C)cc3)C[C@@]21C)OCCO5. The van der Waals surface area contributed by atoms with Gasteiger partial charge in [-0.2, -0.15) is 0 Å². The third-order valence-corrected chi connectivity index (χ3v) is 10.5. The van der Waals surface area contributed by atoms with Gasteiger partial charge in [-0.05, 0) is 80.6 Å². The van der Waals surface area contributed by atoms with E-state index in [0.29, 0.717) is 31.5 Å². The Balaban J connectivity index is 1.48. The molecule has 0 bridgehead atoms. The zero-order valence-corrected chi connectivity index (χ0v) is 22.3. The number of aliphatic hydroxyl groups is 2. The smallest absolute Gasteiger partial charge is 0.171 e. The monoisotopic (exact) mass is 491 g/mol. The summed E-state index contributed by atoms with van der Waals surface area (Å²) >= 11 is 0. The number of ether oxygens (including phenoxy) is 2. The van der Waals surface area contributed by atoms with E-state index in [0.717, 1.165) is 44.9 Å². The van der Waals surface area contributed by atoms with Crippen LogP contribution in [-0.2, 0) is 9.47 Å². The van der Waals surface area contributed by atoms with Crippen molar-refractivity contribution >= 4 is 5.69 Å². The third-order valence-electron chi connectivity index (χ3n) is 10.5. The number of allylic oxidation sites excluding steroid dienone is 1. The van der Waals surface area contributed by atoms with Crippen LogP contribution >= 0.6 is 0 Å². The highest BCUT2D eigenvalue weighted by atomic mass is 16.7. The van der Waals surface area contributed by atoms with Crippen molar-refractivity contribution in [1.29, 1.82) is 0 Å². The Bertz CT molecular complexity index is 1120. The van der Waals surface area contributed by atoms with Crippen LogP contribution in [0.25, 0.3) is 0 Å². The minimum Gasteiger partial charge on any atom is -0.385 e. The zero-order valence-electron chi connectivity index (χ0n) is 22.3. The predicted molar refractivity (Wildman–Crippen MR) is 141 cm³/mol. The van der Waals surface area contributed by atoms with E-state index in [1.165, 1.54) is 22.4 Å². The highest BCUT2D eigenvalue weighted by Crippen LogP contribution is 2.67. The van der Waals surface area contributed by atoms with Crippen LogP contribution in [0.2, 0.25) is 0 Å². The molecule has 2 N–H and O–H groups in total. The Morgan fingerprint density at radius 1 is 1.00 bits per heavy atom. The fourth-order valence-corrected chi connectivity index (χ4v) is 8.73. The Labute approximate surface area is 215 Å². The van der Waals surface area contributed by atoms with Crippen molar-refractivity contribution in [3.63, 3.8) is 0 Å². The van der Waals surface area contributed by atoms with Crippen molar-refractivity contribution in [3.05, 3.63) is 41.0 Å². The van der Waals surface area contributed by atoms with Gasteiger partial charge < -0.3 is 24.6 Å². The van der Waals surface area contributed by atoms with E-state index in [4.69, 9.17) is 9.47 Å². The molecule has 1 aromatic carbocycles. The summed E-state index contributed by atoms with van der Waals surface area (Å²) in [5.41, 5.74) is 3.04. The van der Waals surface area contributed by atoms with Crippen molar-refractivity contribution < 1.29 is 19.7 Å². The summed E-state index contributed by atoms with van der Waals surface area (Å²) in [6, 6.07) is 8.91. The molecule has 0 aromatic heterocycles. The second kappa shape index (κ2) is 8.33. The fraction of sp³-hybridized carbons (Fsp3) is 0.677. The van der Waals surface area contributed by atoms with Gasteiger partial charge >= 0.3 is 0 Å². The summed E-state index contributed by atoms with van der Waals surface area (Å²) in [6.45, 7) is 5.36. The molecule has 0 radical (unpaired) electrons. The van der Waals surface area contributed by atoms with E-state index in [1.807, 2.05) is 6.92 Å². The van der Waals surface area contributed by atoms with Gasteiger partial charge in [0.25, 0.3) is 0 Å². The van der Waals surface area contributed by atoms with E-state index in [2.05, 4.69) is 62.0 Å². The lowest BCUT2D eigenvalue weighted by atomic mass is 9.49. The van der Waals surface area contributed by atoms with Crippen molar-refractivity contribution in [2.45, 2.75) is 88.1 Å². The van der Waals surface area contributed by atoms with Gasteiger partial charge in [-0.25, -0.2) is 0 Å². The second-order valence-electron chi connectivity index (χ2n) is 12.4. The molecule has 1 saturated heterocycles. The van der Waals surface area contributed by atoms with Gasteiger partial charge in [0.1, 0.15) is 5.60 Å². The van der Waals surface area contributed by atoms with Gasteiger partial charge in [0, 0.05) is 44.0 Å². The van der Waals surface area contributed by atoms with E-state index in [9.17, 15) is 10.2 Å². The number of hydrogen-bond donors (Lipinski definition) is 2. The maximum atomic E-state index is 12.1. The lowest BCUT2D eigenvalue weighted by Gasteiger charge is -2.57. The molecule has 5 aliphatic rings. The van der Waals surface area contributed by atoms with Crippen LogP contribution in [0, 0.1) is 29.1 Å². The first-order valence-electron chi connectivity index (χ1n) is 13.8. The Hall–Kier alpha value is -1.84. The van der Waals surface area contributed by atoms with E-state index in [1.54, 1.807) is 0 Å². The lowest BCUT2D eigenvalue weighted by molar-refractivity contribution is -0.208. The lowest BCUT2D eigenvalue weighted by Crippen LogP contribution is -2.55. The van der Waals surface area contributed by atoms with Crippen molar-refractivity contribution in [3.8, 4) is 11.8 Å². The van der Waals surface area contributed by atoms with Gasteiger partial charge in [0.15, 0.2) is 5.79 Å². The van der Waals surface area contributed by atoms with Crippen molar-refractivity contribution in [2.24, 2.45) is 17.3 Å². The maximum Gasteiger partial charge on any atom is 0.171 e. The van der Waals surface area contributed by atoms with Crippen molar-refractivity contribution in [2.75, 3.05) is 32.2 Å². The quantitative estimate of drug-likeness (QED) is 0.461. The number of nitrogens with zero attached hydrogens (tertiary/aromatic N) is 1. The molecular weight excluding hydrogens is 450 g/mol. The van der Waals surface area contributed by atoms with E-state index in [-0.39, 0.29) is 11.3 Å². The third kappa shape index (κ3) is 3.45. The molecule has 4 aliphatic carbocycles. The fourth-order valence-electron chi connectivity index (χ4n) is 8.73. The molecule has 5 heteroatoms. The summed E-state index contributed by atoms with van der Waals surface area (Å²) in [4.78, 5) is 2.13. The molecule has 1 aromatic rings. The van der Waals surface area contributed by atoms with Gasteiger partial charge in [0.2, 0.25) is 0 Å². The first kappa shape index (κ1) is 24.5. The first-order chi connectivity index (χ1) is 17.1. The minimum atomic E-state index is -0.958. The summed E-state index contributed by atoms with van der Waals surface area (Å²) in [5, 5.41) is 24.0. The molecular formula is C31H41NO4. The number of fused-ring (bicyclic) bond motifs is 4. The van der Waals surface area contributed by atoms with Crippen molar-refractivity contribution in [1.82, 2.24) is 0 Å². The Kier molecular flexibility index (Phi) is 5.67. The zero-order chi connectivity index (χ0) is 25.3. The van der Waals surface area contributed by atoms with Crippen LogP contribution in [-0.4, -0.2) is 54.5 Å². The van der Waals surface area contributed by atoms with E-state index >= 15 is 0 Å². The molecule has 1 spiro atoms. The summed E-state index contributed by atoms with van der Waals surface area (Å²) < 4.78 is 12.1. The number of rotatable bonds is 2. The summed E-state index contributed by atoms with van der Waals surface area (Å²) in [5.74, 6) is 6.58. The van der Waals surface area contributed by atoms with Gasteiger partial charge in [-0.1, -0.05) is 30.6 Å². The highest BCUT2D eigenvalue weighted by molar-refractivity contribution is 5.50. The highest BCUT2D eigenvalue weighted by Gasteiger charge is 2.64. The normalized spacial score (nSPS) is 40.8. The molecule has 6 rings (SSSR count). The minimum absolute atomic E-state index is 0.164. The maximum absolute atomic E-state index is 12.1. The molecule has 5 nitrogen and oxygen atoms in total. The Morgan fingerprint density at radius 2 is 1.72 bits per heavy atom. The van der Waals surface area contributed by atoms with Gasteiger partial charge in [-0.15, -0.1) is 5.92 Å². The first-order valence-corrected chi connectivity index (χ1v) is 13.8. The topological polar surface area (TPSA) is 62.2 Å². The average molecular weight is 492 g/mol. The predicted octanol–water partition coefficient (Wildman–Crippen LogP) is 4.78. The largest absolute Gasteiger partial charge is 0.385 e. The molecule has 0 amide bonds. The second-order valence-corrected chi connectivity index (χ2v) is 12.4. The summed E-state index contributed by atoms with van der Waals surface area (Å²) in [6.07, 6.45) is 6.41. The number of anilines is 1. The molecule has 6 atom stereocenters. The Morgan fingerprint density at radius 3 is 2.39 bits per heavy atom. The van der Waals surface area contributed by atoms with Crippen LogP contribution in [0.5, 0.6) is 0 Å². The van der Waals surface area contributed by atoms with Crippen LogP contribution < -0.4 is 4.90 Å². The van der Waals surface area contributed by atoms with Crippen LogP contribution in [0.15, 0.2) is 35.4 Å². The molecule has 1 aliphatic heterocycles. The molecule has 3 saturated carbocycles. The number of benzene rings is 1. The van der Waals surface area contributed by atoms with Gasteiger partial charge in [0.05, 0.1) is 18.8 Å². The molecule has 0 unspecified atom stereocenters. The summed E-state index contributed by atoms with van der Waals surface area (Å²) in [7, 11) is 4.13. The number of hydrogen-bond acceptors (Lipinski definition) is 5. The molecule has 1 heterocycles. The molecule has 4 fully saturated rings. The van der Waals surface area contributed by atoms with E-state index < -0.39 is 17.0 Å². The average Bonchev–Trinajstić information content (AvgIpc) is 3.40. The van der Waals surface area contributed by atoms with Crippen LogP contribution in [0.4, 0.5) is 5.69 Å². The van der Waals surface area contributed by atoms with Gasteiger partial charge in [-0.3, -0.25) is 0 Å². The molecule has 36 heavy (non-hydrogen) atoms. The molecule has 194 valence electrons.